The quantitative estimate of drug-likeness (QED) is 0.269. The lowest BCUT2D eigenvalue weighted by molar-refractivity contribution is -0.310. The number of benzene rings is 2. The fraction of sp³-hybridized carbons (Fsp3) is 0.682. The molecule has 4 fully saturated rings. The topological polar surface area (TPSA) is 83.1 Å². The van der Waals surface area contributed by atoms with Crippen LogP contribution in [0.3, 0.4) is 0 Å². The number of hydroxylamine groups is 4. The van der Waals surface area contributed by atoms with E-state index < -0.39 is 0 Å². The van der Waals surface area contributed by atoms with Gasteiger partial charge in [-0.2, -0.15) is 10.1 Å². The maximum atomic E-state index is 13.4. The van der Waals surface area contributed by atoms with E-state index in [4.69, 9.17) is 9.68 Å². The summed E-state index contributed by atoms with van der Waals surface area (Å²) in [6, 6.07) is 15.7. The molecule has 8 heteroatoms. The summed E-state index contributed by atoms with van der Waals surface area (Å²) in [4.78, 5) is 40.2. The summed E-state index contributed by atoms with van der Waals surface area (Å²) in [6.45, 7) is 17.9. The van der Waals surface area contributed by atoms with Crippen LogP contribution in [0.15, 0.2) is 48.5 Å². The molecule has 0 spiro atoms. The molecule has 2 amide bonds. The number of nitrogens with zero attached hydrogens (tertiary/aromatic N) is 2. The van der Waals surface area contributed by atoms with E-state index in [0.717, 1.165) is 62.5 Å². The van der Waals surface area contributed by atoms with Gasteiger partial charge in [0.25, 0.3) is 11.8 Å². The SMILES string of the molecule is CC1(C)CC(NC(=O)c2ccc(-c3ccc(C(=O)NC4CC(C)(C)N(OC5CCCCC5)C(C)(C)C4)cc3)cc2)CC(C)(C)N1OC1CCCCC1. The first-order chi connectivity index (χ1) is 24.5. The Balaban J connectivity index is 1.02. The zero-order chi connectivity index (χ0) is 37.3. The first-order valence-corrected chi connectivity index (χ1v) is 20.3. The van der Waals surface area contributed by atoms with Crippen LogP contribution in [0.5, 0.6) is 0 Å². The van der Waals surface area contributed by atoms with Crippen LogP contribution in [0.4, 0.5) is 0 Å². The Morgan fingerprint density at radius 3 is 1.08 bits per heavy atom. The Labute approximate surface area is 313 Å². The van der Waals surface area contributed by atoms with Crippen molar-refractivity contribution in [1.29, 1.82) is 0 Å². The second kappa shape index (κ2) is 15.5. The summed E-state index contributed by atoms with van der Waals surface area (Å²) in [5.41, 5.74) is 2.53. The van der Waals surface area contributed by atoms with Gasteiger partial charge in [-0.05, 0) is 142 Å². The zero-order valence-electron chi connectivity index (χ0n) is 33.4. The molecule has 0 unspecified atom stereocenters. The molecule has 2 saturated heterocycles. The van der Waals surface area contributed by atoms with Gasteiger partial charge >= 0.3 is 0 Å². The molecule has 2 aliphatic heterocycles. The van der Waals surface area contributed by atoms with Gasteiger partial charge in [-0.15, -0.1) is 0 Å². The minimum atomic E-state index is -0.196. The molecule has 0 atom stereocenters. The molecule has 4 aliphatic rings. The van der Waals surface area contributed by atoms with Crippen LogP contribution in [0, 0.1) is 0 Å². The van der Waals surface area contributed by atoms with Gasteiger partial charge in [-0.25, -0.2) is 0 Å². The van der Waals surface area contributed by atoms with Crippen molar-refractivity contribution >= 4 is 11.8 Å². The predicted octanol–water partition coefficient (Wildman–Crippen LogP) is 9.39. The molecule has 2 N–H and O–H groups in total. The Kier molecular flexibility index (Phi) is 11.6. The van der Waals surface area contributed by atoms with Gasteiger partial charge < -0.3 is 10.6 Å². The molecule has 0 bridgehead atoms. The standard InChI is InChI=1S/C44H66N4O4/c1-41(2)27-35(28-42(3,4)47(41)51-37-15-11-9-12-16-37)45-39(49)33-23-19-31(20-24-33)32-21-25-34(26-22-32)40(50)46-36-29-43(5,6)48(44(7,8)30-36)52-38-17-13-10-14-18-38/h19-26,35-38H,9-18,27-30H2,1-8H3,(H,45,49)(H,46,50). The highest BCUT2D eigenvalue weighted by molar-refractivity contribution is 5.96. The summed E-state index contributed by atoms with van der Waals surface area (Å²) >= 11 is 0. The van der Waals surface area contributed by atoms with Crippen LogP contribution >= 0.6 is 0 Å². The van der Waals surface area contributed by atoms with Crippen LogP contribution in [-0.4, -0.2) is 68.4 Å². The number of amides is 2. The van der Waals surface area contributed by atoms with E-state index >= 15 is 0 Å². The third-order valence-electron chi connectivity index (χ3n) is 12.1. The molecule has 2 saturated carbocycles. The van der Waals surface area contributed by atoms with Gasteiger partial charge in [-0.1, -0.05) is 62.8 Å². The largest absolute Gasteiger partial charge is 0.349 e. The molecule has 2 heterocycles. The molecule has 2 aliphatic carbocycles. The van der Waals surface area contributed by atoms with E-state index in [9.17, 15) is 9.59 Å². The van der Waals surface area contributed by atoms with E-state index in [0.29, 0.717) is 23.3 Å². The van der Waals surface area contributed by atoms with E-state index in [1.54, 1.807) is 0 Å². The summed E-state index contributed by atoms with van der Waals surface area (Å²) in [6.07, 6.45) is 16.0. The van der Waals surface area contributed by atoms with Crippen molar-refractivity contribution in [3.63, 3.8) is 0 Å². The van der Waals surface area contributed by atoms with Crippen molar-refractivity contribution < 1.29 is 19.3 Å². The van der Waals surface area contributed by atoms with Gasteiger partial charge in [0.1, 0.15) is 0 Å². The van der Waals surface area contributed by atoms with Crippen molar-refractivity contribution in [2.75, 3.05) is 0 Å². The summed E-state index contributed by atoms with van der Waals surface area (Å²) in [5.74, 6) is -0.0934. The zero-order valence-corrected chi connectivity index (χ0v) is 33.4. The molecule has 286 valence electrons. The Morgan fingerprint density at radius 1 is 0.500 bits per heavy atom. The molecule has 52 heavy (non-hydrogen) atoms. The fourth-order valence-corrected chi connectivity index (χ4v) is 10.1. The molecule has 6 rings (SSSR count). The fourth-order valence-electron chi connectivity index (χ4n) is 10.1. The first-order valence-electron chi connectivity index (χ1n) is 20.3. The minimum Gasteiger partial charge on any atom is -0.349 e. The Morgan fingerprint density at radius 2 is 0.788 bits per heavy atom. The van der Waals surface area contributed by atoms with Crippen molar-refractivity contribution in [3.05, 3.63) is 59.7 Å². The molecule has 0 radical (unpaired) electrons. The van der Waals surface area contributed by atoms with Crippen LogP contribution in [0.1, 0.15) is 166 Å². The Bertz CT molecular complexity index is 1370. The van der Waals surface area contributed by atoms with Crippen molar-refractivity contribution in [3.8, 4) is 11.1 Å². The number of carbonyl (C=O) groups excluding carboxylic acids is 2. The van der Waals surface area contributed by atoms with Crippen molar-refractivity contribution in [1.82, 2.24) is 20.8 Å². The van der Waals surface area contributed by atoms with Crippen molar-refractivity contribution in [2.45, 2.75) is 192 Å². The lowest BCUT2D eigenvalue weighted by Gasteiger charge is -2.55. The number of rotatable bonds is 9. The van der Waals surface area contributed by atoms with Gasteiger partial charge in [0.05, 0.1) is 12.2 Å². The van der Waals surface area contributed by atoms with Crippen LogP contribution in [0.25, 0.3) is 11.1 Å². The number of carbonyl (C=O) groups is 2. The second-order valence-corrected chi connectivity index (χ2v) is 18.9. The highest BCUT2D eigenvalue weighted by Crippen LogP contribution is 2.42. The molecule has 2 aromatic rings. The average molecular weight is 715 g/mol. The molecule has 0 aromatic heterocycles. The lowest BCUT2D eigenvalue weighted by Crippen LogP contribution is -2.64. The first kappa shape index (κ1) is 38.9. The van der Waals surface area contributed by atoms with Crippen LogP contribution < -0.4 is 10.6 Å². The Hall–Kier alpha value is -2.78. The highest BCUT2D eigenvalue weighted by atomic mass is 16.7. The molecular formula is C44H66N4O4. The maximum absolute atomic E-state index is 13.4. The number of nitrogens with one attached hydrogen (secondary N) is 2. The third-order valence-corrected chi connectivity index (χ3v) is 12.1. The van der Waals surface area contributed by atoms with E-state index in [1.165, 1.54) is 38.5 Å². The monoisotopic (exact) mass is 715 g/mol. The van der Waals surface area contributed by atoms with Crippen molar-refractivity contribution in [2.24, 2.45) is 0 Å². The second-order valence-electron chi connectivity index (χ2n) is 18.9. The minimum absolute atomic E-state index is 0.0467. The lowest BCUT2D eigenvalue weighted by atomic mass is 9.78. The van der Waals surface area contributed by atoms with E-state index in [1.807, 2.05) is 48.5 Å². The number of hydrogen-bond donors (Lipinski definition) is 2. The van der Waals surface area contributed by atoms with E-state index in [-0.39, 0.29) is 46.1 Å². The summed E-state index contributed by atoms with van der Waals surface area (Å²) in [7, 11) is 0. The maximum Gasteiger partial charge on any atom is 0.251 e. The summed E-state index contributed by atoms with van der Waals surface area (Å²) in [5, 5.41) is 11.2. The molecule has 2 aromatic carbocycles. The molecular weight excluding hydrogens is 649 g/mol. The smallest absolute Gasteiger partial charge is 0.251 e. The third kappa shape index (κ3) is 9.11. The average Bonchev–Trinajstić information content (AvgIpc) is 3.08. The van der Waals surface area contributed by atoms with Crippen LogP contribution in [0.2, 0.25) is 0 Å². The number of piperidine rings is 2. The van der Waals surface area contributed by atoms with Gasteiger partial charge in [-0.3, -0.25) is 19.3 Å². The van der Waals surface area contributed by atoms with Crippen LogP contribution in [-0.2, 0) is 9.68 Å². The predicted molar refractivity (Wildman–Crippen MR) is 209 cm³/mol. The van der Waals surface area contributed by atoms with Gasteiger partial charge in [0.2, 0.25) is 0 Å². The summed E-state index contributed by atoms with van der Waals surface area (Å²) < 4.78 is 0. The highest BCUT2D eigenvalue weighted by Gasteiger charge is 2.49. The molecule has 8 nitrogen and oxygen atoms in total. The van der Waals surface area contributed by atoms with E-state index in [2.05, 4.69) is 76.1 Å². The van der Waals surface area contributed by atoms with Gasteiger partial charge in [0, 0.05) is 45.4 Å². The number of hydrogen-bond acceptors (Lipinski definition) is 6. The normalized spacial score (nSPS) is 24.7. The van der Waals surface area contributed by atoms with Gasteiger partial charge in [0.15, 0.2) is 0 Å².